The van der Waals surface area contributed by atoms with Crippen LogP contribution in [0.2, 0.25) is 0 Å². The van der Waals surface area contributed by atoms with Gasteiger partial charge in [-0.05, 0) is 49.9 Å². The summed E-state index contributed by atoms with van der Waals surface area (Å²) in [5.74, 6) is 1.52. The molecule has 4 heteroatoms. The molecule has 1 atom stereocenters. The van der Waals surface area contributed by atoms with Gasteiger partial charge in [0.25, 0.3) is 0 Å². The summed E-state index contributed by atoms with van der Waals surface area (Å²) in [6.07, 6.45) is 3.28. The summed E-state index contributed by atoms with van der Waals surface area (Å²) in [7, 11) is 0. The quantitative estimate of drug-likeness (QED) is 0.924. The van der Waals surface area contributed by atoms with Crippen LogP contribution in [0.1, 0.15) is 24.8 Å². The third-order valence-corrected chi connectivity index (χ3v) is 4.56. The maximum absolute atomic E-state index is 5.98. The van der Waals surface area contributed by atoms with E-state index in [9.17, 15) is 0 Å². The van der Waals surface area contributed by atoms with Crippen molar-refractivity contribution in [3.63, 3.8) is 0 Å². The molecule has 2 saturated heterocycles. The van der Waals surface area contributed by atoms with Gasteiger partial charge in [-0.25, -0.2) is 0 Å². The van der Waals surface area contributed by atoms with Crippen LogP contribution >= 0.6 is 0 Å². The number of nitrogens with two attached hydrogens (primary N) is 1. The molecule has 2 heterocycles. The SMILES string of the molecule is Cc1cc(OCC2CCOC2)ccc1N1CCC(N)CC1. The number of hydrogen-bond acceptors (Lipinski definition) is 4. The van der Waals surface area contributed by atoms with E-state index >= 15 is 0 Å². The number of aryl methyl sites for hydroxylation is 1. The van der Waals surface area contributed by atoms with Crippen molar-refractivity contribution < 1.29 is 9.47 Å². The van der Waals surface area contributed by atoms with Gasteiger partial charge in [-0.1, -0.05) is 0 Å². The second-order valence-corrected chi connectivity index (χ2v) is 6.31. The zero-order chi connectivity index (χ0) is 14.7. The Labute approximate surface area is 127 Å². The van der Waals surface area contributed by atoms with Gasteiger partial charge in [-0.3, -0.25) is 0 Å². The van der Waals surface area contributed by atoms with E-state index in [4.69, 9.17) is 15.2 Å². The average Bonchev–Trinajstić information content (AvgIpc) is 3.00. The van der Waals surface area contributed by atoms with Crippen molar-refractivity contribution in [3.05, 3.63) is 23.8 Å². The van der Waals surface area contributed by atoms with E-state index < -0.39 is 0 Å². The molecule has 2 N–H and O–H groups in total. The van der Waals surface area contributed by atoms with Gasteiger partial charge in [0.1, 0.15) is 5.75 Å². The van der Waals surface area contributed by atoms with Crippen molar-refractivity contribution in [2.24, 2.45) is 11.7 Å². The molecule has 0 radical (unpaired) electrons. The molecule has 2 aliphatic rings. The summed E-state index contributed by atoms with van der Waals surface area (Å²) in [4.78, 5) is 2.44. The summed E-state index contributed by atoms with van der Waals surface area (Å²) >= 11 is 0. The number of ether oxygens (including phenoxy) is 2. The fourth-order valence-electron chi connectivity index (χ4n) is 3.14. The molecular formula is C17H26N2O2. The molecule has 0 spiro atoms. The van der Waals surface area contributed by atoms with Crippen LogP contribution in [0, 0.1) is 12.8 Å². The summed E-state index contributed by atoms with van der Waals surface area (Å²) in [5.41, 5.74) is 8.58. The van der Waals surface area contributed by atoms with Gasteiger partial charge in [0.15, 0.2) is 0 Å². The molecule has 2 fully saturated rings. The Morgan fingerprint density at radius 2 is 2.10 bits per heavy atom. The van der Waals surface area contributed by atoms with E-state index in [1.165, 1.54) is 11.3 Å². The van der Waals surface area contributed by atoms with Gasteiger partial charge < -0.3 is 20.1 Å². The maximum atomic E-state index is 5.98. The van der Waals surface area contributed by atoms with Gasteiger partial charge >= 0.3 is 0 Å². The summed E-state index contributed by atoms with van der Waals surface area (Å²) in [6, 6.07) is 6.80. The van der Waals surface area contributed by atoms with E-state index in [2.05, 4.69) is 30.0 Å². The third-order valence-electron chi connectivity index (χ3n) is 4.56. The van der Waals surface area contributed by atoms with Crippen LogP contribution in [0.4, 0.5) is 5.69 Å². The molecular weight excluding hydrogens is 264 g/mol. The molecule has 0 amide bonds. The summed E-state index contributed by atoms with van der Waals surface area (Å²) < 4.78 is 11.3. The van der Waals surface area contributed by atoms with Gasteiger partial charge in [0, 0.05) is 37.3 Å². The molecule has 0 aliphatic carbocycles. The highest BCUT2D eigenvalue weighted by molar-refractivity contribution is 5.56. The van der Waals surface area contributed by atoms with Crippen molar-refractivity contribution in [2.75, 3.05) is 37.8 Å². The second-order valence-electron chi connectivity index (χ2n) is 6.31. The first kappa shape index (κ1) is 14.7. The smallest absolute Gasteiger partial charge is 0.119 e. The molecule has 0 saturated carbocycles. The maximum Gasteiger partial charge on any atom is 0.119 e. The lowest BCUT2D eigenvalue weighted by Gasteiger charge is -2.33. The van der Waals surface area contributed by atoms with Crippen LogP contribution in [0.25, 0.3) is 0 Å². The normalized spacial score (nSPS) is 23.5. The molecule has 116 valence electrons. The fraction of sp³-hybridized carbons (Fsp3) is 0.647. The van der Waals surface area contributed by atoms with Crippen molar-refractivity contribution in [1.82, 2.24) is 0 Å². The molecule has 0 aromatic heterocycles. The predicted molar refractivity (Wildman–Crippen MR) is 85.0 cm³/mol. The van der Waals surface area contributed by atoms with Crippen LogP contribution < -0.4 is 15.4 Å². The lowest BCUT2D eigenvalue weighted by Crippen LogP contribution is -2.39. The average molecular weight is 290 g/mol. The Morgan fingerprint density at radius 1 is 1.29 bits per heavy atom. The van der Waals surface area contributed by atoms with E-state index in [0.717, 1.165) is 57.9 Å². The number of piperidine rings is 1. The van der Waals surface area contributed by atoms with Gasteiger partial charge in [0.05, 0.1) is 13.2 Å². The predicted octanol–water partition coefficient (Wildman–Crippen LogP) is 2.34. The largest absolute Gasteiger partial charge is 0.493 e. The van der Waals surface area contributed by atoms with Crippen molar-refractivity contribution in [3.8, 4) is 5.75 Å². The Kier molecular flexibility index (Phi) is 4.66. The molecule has 3 rings (SSSR count). The van der Waals surface area contributed by atoms with E-state index in [0.29, 0.717) is 12.0 Å². The first-order chi connectivity index (χ1) is 10.2. The van der Waals surface area contributed by atoms with Crippen LogP contribution in [0.15, 0.2) is 18.2 Å². The molecule has 1 unspecified atom stereocenters. The number of nitrogens with zero attached hydrogens (tertiary/aromatic N) is 1. The van der Waals surface area contributed by atoms with Crippen molar-refractivity contribution in [2.45, 2.75) is 32.2 Å². The Hall–Kier alpha value is -1.26. The fourth-order valence-corrected chi connectivity index (χ4v) is 3.14. The first-order valence-corrected chi connectivity index (χ1v) is 8.04. The molecule has 1 aromatic carbocycles. The third kappa shape index (κ3) is 3.69. The number of hydrogen-bond donors (Lipinski definition) is 1. The number of benzene rings is 1. The first-order valence-electron chi connectivity index (χ1n) is 8.04. The molecule has 2 aliphatic heterocycles. The Bertz CT molecular complexity index is 464. The standard InChI is InChI=1S/C17H26N2O2/c1-13-10-16(21-12-14-6-9-20-11-14)2-3-17(13)19-7-4-15(18)5-8-19/h2-3,10,14-15H,4-9,11-12,18H2,1H3. The van der Waals surface area contributed by atoms with Gasteiger partial charge in [0.2, 0.25) is 0 Å². The molecule has 0 bridgehead atoms. The second kappa shape index (κ2) is 6.67. The van der Waals surface area contributed by atoms with Crippen LogP contribution in [-0.2, 0) is 4.74 Å². The monoisotopic (exact) mass is 290 g/mol. The minimum absolute atomic E-state index is 0.373. The summed E-state index contributed by atoms with van der Waals surface area (Å²) in [5, 5.41) is 0. The van der Waals surface area contributed by atoms with E-state index in [-0.39, 0.29) is 0 Å². The zero-order valence-electron chi connectivity index (χ0n) is 12.9. The van der Waals surface area contributed by atoms with Crippen LogP contribution in [-0.4, -0.2) is 39.0 Å². The minimum atomic E-state index is 0.373. The van der Waals surface area contributed by atoms with Gasteiger partial charge in [-0.15, -0.1) is 0 Å². The highest BCUT2D eigenvalue weighted by Gasteiger charge is 2.19. The Morgan fingerprint density at radius 3 is 2.76 bits per heavy atom. The zero-order valence-corrected chi connectivity index (χ0v) is 12.9. The number of anilines is 1. The van der Waals surface area contributed by atoms with E-state index in [1.807, 2.05) is 0 Å². The van der Waals surface area contributed by atoms with Gasteiger partial charge in [-0.2, -0.15) is 0 Å². The summed E-state index contributed by atoms with van der Waals surface area (Å²) in [6.45, 7) is 6.75. The molecule has 4 nitrogen and oxygen atoms in total. The highest BCUT2D eigenvalue weighted by atomic mass is 16.5. The highest BCUT2D eigenvalue weighted by Crippen LogP contribution is 2.27. The Balaban J connectivity index is 1.59. The lowest BCUT2D eigenvalue weighted by molar-refractivity contribution is 0.167. The number of rotatable bonds is 4. The topological polar surface area (TPSA) is 47.7 Å². The molecule has 21 heavy (non-hydrogen) atoms. The van der Waals surface area contributed by atoms with Crippen molar-refractivity contribution in [1.29, 1.82) is 0 Å². The van der Waals surface area contributed by atoms with Crippen LogP contribution in [0.5, 0.6) is 5.75 Å². The van der Waals surface area contributed by atoms with E-state index in [1.54, 1.807) is 0 Å². The van der Waals surface area contributed by atoms with Crippen LogP contribution in [0.3, 0.4) is 0 Å². The van der Waals surface area contributed by atoms with Crippen molar-refractivity contribution >= 4 is 5.69 Å². The minimum Gasteiger partial charge on any atom is -0.493 e. The lowest BCUT2D eigenvalue weighted by atomic mass is 10.0. The molecule has 1 aromatic rings.